The molecule has 0 unspecified atom stereocenters. The highest BCUT2D eigenvalue weighted by atomic mass is 35.5. The number of alkyl halides is 3. The van der Waals surface area contributed by atoms with Crippen molar-refractivity contribution in [1.29, 1.82) is 0 Å². The molecule has 0 radical (unpaired) electrons. The molecule has 0 aliphatic carbocycles. The fourth-order valence-electron chi connectivity index (χ4n) is 5.15. The van der Waals surface area contributed by atoms with Crippen molar-refractivity contribution in [3.8, 4) is 11.3 Å². The number of nitrogens with zero attached hydrogens (tertiary/aromatic N) is 2. The van der Waals surface area contributed by atoms with Gasteiger partial charge in [-0.15, -0.1) is 0 Å². The van der Waals surface area contributed by atoms with Crippen LogP contribution in [0.2, 0.25) is 5.02 Å². The number of aliphatic hydroxyl groups excluding tert-OH is 1. The summed E-state index contributed by atoms with van der Waals surface area (Å²) in [5.41, 5.74) is 1.79. The van der Waals surface area contributed by atoms with Crippen LogP contribution < -0.4 is 10.2 Å². The minimum absolute atomic E-state index is 0.0506. The molecule has 3 N–H and O–H groups in total. The molecule has 1 aliphatic heterocycles. The number of aromatic amines is 1. The van der Waals surface area contributed by atoms with Gasteiger partial charge < -0.3 is 15.3 Å². The Kier molecular flexibility index (Phi) is 9.97. The molecule has 44 heavy (non-hydrogen) atoms. The fraction of sp³-hybridized carbons (Fsp3) is 0.281. The van der Waals surface area contributed by atoms with Gasteiger partial charge in [-0.25, -0.2) is 0 Å². The lowest BCUT2D eigenvalue weighted by atomic mass is 9.97. The van der Waals surface area contributed by atoms with Crippen molar-refractivity contribution in [3.63, 3.8) is 0 Å². The van der Waals surface area contributed by atoms with E-state index in [0.29, 0.717) is 17.1 Å². The molecule has 3 aromatic carbocycles. The van der Waals surface area contributed by atoms with E-state index in [0.717, 1.165) is 55.7 Å². The number of piperidine rings is 1. The Hall–Kier alpha value is -3.80. The molecule has 5 rings (SSSR count). The van der Waals surface area contributed by atoms with E-state index in [1.807, 2.05) is 12.1 Å². The third kappa shape index (κ3) is 7.28. The molecule has 1 aliphatic rings. The van der Waals surface area contributed by atoms with E-state index in [1.165, 1.54) is 12.3 Å². The maximum absolute atomic E-state index is 14.1. The van der Waals surface area contributed by atoms with Crippen LogP contribution in [0.25, 0.3) is 11.3 Å². The zero-order valence-electron chi connectivity index (χ0n) is 23.6. The number of hydrogen-bond donors (Lipinski definition) is 3. The Balaban J connectivity index is 1.50. The molecule has 230 valence electrons. The van der Waals surface area contributed by atoms with E-state index in [1.54, 1.807) is 42.1 Å². The van der Waals surface area contributed by atoms with Gasteiger partial charge in [-0.3, -0.25) is 14.7 Å². The summed E-state index contributed by atoms with van der Waals surface area (Å²) in [5, 5.41) is 18.1. The predicted molar refractivity (Wildman–Crippen MR) is 168 cm³/mol. The number of H-pyrrole nitrogens is 1. The highest BCUT2D eigenvalue weighted by Crippen LogP contribution is 2.38. The number of carbonyl (C=O) groups excluding carboxylic acids is 2. The standard InChI is InChI=1S/C32H30ClF3N4O3S/c33-27-9-7-21(16-26(27)32(34,35)36)29-25(18-37-39-29)30(42)24-17-23(40-11-2-1-3-12-40)8-10-28(24)38-31(43)22-6-4-5-20(15-22)19-44-14-13-41/h4-10,15-18,41H,1-3,11-14,19H2,(H,37,39)(H,38,43). The van der Waals surface area contributed by atoms with E-state index in [2.05, 4.69) is 20.4 Å². The quantitative estimate of drug-likeness (QED) is 0.123. The second kappa shape index (κ2) is 13.9. The zero-order chi connectivity index (χ0) is 31.3. The highest BCUT2D eigenvalue weighted by Gasteiger charge is 2.34. The summed E-state index contributed by atoms with van der Waals surface area (Å²) in [4.78, 5) is 29.7. The number of aliphatic hydroxyl groups is 1. The Labute approximate surface area is 261 Å². The molecule has 7 nitrogen and oxygen atoms in total. The average Bonchev–Trinajstić information content (AvgIpc) is 3.51. The minimum Gasteiger partial charge on any atom is -0.396 e. The van der Waals surface area contributed by atoms with Gasteiger partial charge in [0, 0.05) is 47.0 Å². The van der Waals surface area contributed by atoms with E-state index in [9.17, 15) is 22.8 Å². The van der Waals surface area contributed by atoms with Gasteiger partial charge in [0.25, 0.3) is 5.91 Å². The van der Waals surface area contributed by atoms with Crippen LogP contribution in [0.5, 0.6) is 0 Å². The third-order valence-corrected chi connectivity index (χ3v) is 8.69. The molecule has 0 spiro atoms. The molecule has 4 aromatic rings. The van der Waals surface area contributed by atoms with Gasteiger partial charge in [0.1, 0.15) is 0 Å². The lowest BCUT2D eigenvalue weighted by Gasteiger charge is -2.29. The van der Waals surface area contributed by atoms with Crippen LogP contribution in [-0.2, 0) is 11.9 Å². The Morgan fingerprint density at radius 2 is 1.82 bits per heavy atom. The molecular formula is C32H30ClF3N4O3S. The molecule has 0 saturated carbocycles. The maximum atomic E-state index is 14.1. The van der Waals surface area contributed by atoms with Crippen molar-refractivity contribution in [2.75, 3.05) is 35.7 Å². The number of amides is 1. The lowest BCUT2D eigenvalue weighted by molar-refractivity contribution is -0.137. The summed E-state index contributed by atoms with van der Waals surface area (Å²) in [6, 6.07) is 15.7. The lowest BCUT2D eigenvalue weighted by Crippen LogP contribution is -2.29. The smallest absolute Gasteiger partial charge is 0.396 e. The van der Waals surface area contributed by atoms with Crippen molar-refractivity contribution < 1.29 is 27.9 Å². The van der Waals surface area contributed by atoms with Gasteiger partial charge in [-0.1, -0.05) is 29.8 Å². The first-order valence-corrected chi connectivity index (χ1v) is 15.6. The number of carbonyl (C=O) groups is 2. The summed E-state index contributed by atoms with van der Waals surface area (Å²) in [6.07, 6.45) is -0.274. The van der Waals surface area contributed by atoms with Crippen LogP contribution in [0, 0.1) is 0 Å². The normalized spacial score (nSPS) is 13.6. The zero-order valence-corrected chi connectivity index (χ0v) is 25.2. The molecule has 12 heteroatoms. The van der Waals surface area contributed by atoms with Crippen molar-refractivity contribution in [2.45, 2.75) is 31.2 Å². The number of aromatic nitrogens is 2. The van der Waals surface area contributed by atoms with Gasteiger partial charge in [-0.05, 0) is 67.3 Å². The number of nitrogens with one attached hydrogen (secondary N) is 2. The number of rotatable bonds is 10. The number of halogens is 4. The van der Waals surface area contributed by atoms with Gasteiger partial charge in [0.2, 0.25) is 0 Å². The third-order valence-electron chi connectivity index (χ3n) is 7.36. The summed E-state index contributed by atoms with van der Waals surface area (Å²) >= 11 is 7.37. The number of ketones is 1. The number of benzene rings is 3. The number of thioether (sulfide) groups is 1. The molecule has 0 atom stereocenters. The van der Waals surface area contributed by atoms with E-state index >= 15 is 0 Å². The van der Waals surface area contributed by atoms with E-state index < -0.39 is 28.5 Å². The summed E-state index contributed by atoms with van der Waals surface area (Å²) in [5.74, 6) is 0.272. The molecule has 1 aromatic heterocycles. The summed E-state index contributed by atoms with van der Waals surface area (Å²) < 4.78 is 40.8. The van der Waals surface area contributed by atoms with Crippen LogP contribution in [-0.4, -0.2) is 52.4 Å². The van der Waals surface area contributed by atoms with Gasteiger partial charge in [0.15, 0.2) is 5.78 Å². The number of hydrogen-bond acceptors (Lipinski definition) is 6. The molecule has 1 amide bonds. The molecule has 1 saturated heterocycles. The average molecular weight is 643 g/mol. The largest absolute Gasteiger partial charge is 0.417 e. The van der Waals surface area contributed by atoms with Crippen LogP contribution in [0.15, 0.2) is 66.9 Å². The number of anilines is 2. The first kappa shape index (κ1) is 31.6. The minimum atomic E-state index is -4.69. The Morgan fingerprint density at radius 3 is 2.57 bits per heavy atom. The molecular weight excluding hydrogens is 613 g/mol. The molecule has 1 fully saturated rings. The van der Waals surface area contributed by atoms with Crippen LogP contribution in [0.3, 0.4) is 0 Å². The molecule has 0 bridgehead atoms. The second-order valence-corrected chi connectivity index (χ2v) is 11.9. The molecule has 2 heterocycles. The first-order valence-electron chi connectivity index (χ1n) is 14.1. The summed E-state index contributed by atoms with van der Waals surface area (Å²) in [7, 11) is 0. The fourth-order valence-corrected chi connectivity index (χ4v) is 6.06. The predicted octanol–water partition coefficient (Wildman–Crippen LogP) is 7.45. The van der Waals surface area contributed by atoms with E-state index in [4.69, 9.17) is 16.7 Å². The van der Waals surface area contributed by atoms with Gasteiger partial charge >= 0.3 is 6.18 Å². The van der Waals surface area contributed by atoms with Crippen LogP contribution in [0.4, 0.5) is 24.5 Å². The van der Waals surface area contributed by atoms with Gasteiger partial charge in [-0.2, -0.15) is 30.0 Å². The SMILES string of the molecule is O=C(Nc1ccc(N2CCCCC2)cc1C(=O)c1cn[nH]c1-c1ccc(Cl)c(C(F)(F)F)c1)c1cccc(CSCCO)c1. The van der Waals surface area contributed by atoms with Crippen LogP contribution in [0.1, 0.15) is 56.7 Å². The Bertz CT molecular complexity index is 1650. The topological polar surface area (TPSA) is 98.3 Å². The van der Waals surface area contributed by atoms with Crippen molar-refractivity contribution in [1.82, 2.24) is 10.2 Å². The summed E-state index contributed by atoms with van der Waals surface area (Å²) in [6.45, 7) is 1.71. The Morgan fingerprint density at radius 1 is 1.02 bits per heavy atom. The monoisotopic (exact) mass is 642 g/mol. The van der Waals surface area contributed by atoms with Gasteiger partial charge in [0.05, 0.1) is 40.3 Å². The van der Waals surface area contributed by atoms with Crippen molar-refractivity contribution in [3.05, 3.63) is 99.7 Å². The highest BCUT2D eigenvalue weighted by molar-refractivity contribution is 7.98. The van der Waals surface area contributed by atoms with E-state index in [-0.39, 0.29) is 34.7 Å². The maximum Gasteiger partial charge on any atom is 0.417 e. The van der Waals surface area contributed by atoms with Crippen molar-refractivity contribution in [2.24, 2.45) is 0 Å². The second-order valence-electron chi connectivity index (χ2n) is 10.4. The van der Waals surface area contributed by atoms with Crippen LogP contribution >= 0.6 is 23.4 Å². The first-order chi connectivity index (χ1) is 21.2. The van der Waals surface area contributed by atoms with Crippen molar-refractivity contribution >= 4 is 46.4 Å².